The summed E-state index contributed by atoms with van der Waals surface area (Å²) in [6, 6.07) is 1.52. The van der Waals surface area contributed by atoms with Gasteiger partial charge in [-0.15, -0.1) is 4.36 Å². The number of aromatic nitrogens is 2. The molecule has 2 heterocycles. The number of nitrogens with zero attached hydrogens (tertiary/aromatic N) is 3. The van der Waals surface area contributed by atoms with E-state index in [1.807, 2.05) is 0 Å². The van der Waals surface area contributed by atoms with Gasteiger partial charge in [-0.1, -0.05) is 6.07 Å². The number of benzene rings is 1. The van der Waals surface area contributed by atoms with Crippen molar-refractivity contribution in [3.05, 3.63) is 40.3 Å². The molecule has 0 fully saturated rings. The van der Waals surface area contributed by atoms with Gasteiger partial charge in [0.05, 0.1) is 19.5 Å². The molecule has 0 bridgehead atoms. The number of hydrogen-bond donors (Lipinski definition) is 2. The average molecular weight is 415 g/mol. The van der Waals surface area contributed by atoms with Crippen LogP contribution in [0.2, 0.25) is 0 Å². The van der Waals surface area contributed by atoms with Gasteiger partial charge in [0.15, 0.2) is 15.7 Å². The first-order valence-electron chi connectivity index (χ1n) is 9.43. The highest BCUT2D eigenvalue weighted by molar-refractivity contribution is 7.91. The summed E-state index contributed by atoms with van der Waals surface area (Å²) in [6.45, 7) is 0.152. The van der Waals surface area contributed by atoms with Crippen molar-refractivity contribution < 1.29 is 18.5 Å². The molecule has 1 aromatic heterocycles. The molecule has 9 nitrogen and oxygen atoms in total. The van der Waals surface area contributed by atoms with E-state index in [9.17, 15) is 9.00 Å². The number of fused-ring (bicyclic) bond motifs is 3. The number of urea groups is 1. The van der Waals surface area contributed by atoms with Crippen LogP contribution in [0.15, 0.2) is 27.3 Å². The molecular weight excluding hydrogens is 394 g/mol. The number of hydrogen-bond acceptors (Lipinski definition) is 5. The maximum atomic E-state index is 13.0. The molecule has 1 aliphatic heterocycles. The van der Waals surface area contributed by atoms with E-state index >= 15 is 0 Å². The number of nitrogens with one attached hydrogen (secondary N) is 1. The molecule has 2 aromatic rings. The minimum absolute atomic E-state index is 0.0744. The minimum atomic E-state index is -3.54. The Morgan fingerprint density at radius 1 is 1.31 bits per heavy atom. The Hall–Kier alpha value is -2.85. The summed E-state index contributed by atoms with van der Waals surface area (Å²) in [4.78, 5) is 12.7. The number of nitrogens with two attached hydrogens (primary N) is 1. The number of aryl methyl sites for hydroxylation is 2. The van der Waals surface area contributed by atoms with E-state index in [-0.39, 0.29) is 17.4 Å². The smallest absolute Gasteiger partial charge is 0.354 e. The van der Waals surface area contributed by atoms with E-state index in [4.69, 9.17) is 14.6 Å². The van der Waals surface area contributed by atoms with Crippen LogP contribution in [0.25, 0.3) is 6.20 Å². The molecule has 10 heteroatoms. The molecule has 2 aliphatic carbocycles. The number of methoxy groups -OCH3 is 1. The largest absolute Gasteiger partial charge is 0.496 e. The summed E-state index contributed by atoms with van der Waals surface area (Å²) in [5, 5.41) is 12.9. The molecule has 152 valence electrons. The Bertz CT molecular complexity index is 1190. The summed E-state index contributed by atoms with van der Waals surface area (Å²) in [7, 11) is -2.02. The molecule has 1 unspecified atom stereocenters. The van der Waals surface area contributed by atoms with Gasteiger partial charge in [-0.05, 0) is 54.4 Å². The lowest BCUT2D eigenvalue weighted by atomic mass is 9.83. The lowest BCUT2D eigenvalue weighted by Gasteiger charge is -2.25. The molecule has 5 rings (SSSR count). The Kier molecular flexibility index (Phi) is 4.14. The number of carbonyl (C=O) groups excluding carboxylic acids is 1. The second-order valence-electron chi connectivity index (χ2n) is 7.32. The van der Waals surface area contributed by atoms with Gasteiger partial charge in [-0.2, -0.15) is 5.10 Å². The Balaban J connectivity index is 1.46. The van der Waals surface area contributed by atoms with Gasteiger partial charge in [-0.25, -0.2) is 18.8 Å². The van der Waals surface area contributed by atoms with E-state index in [0.717, 1.165) is 43.4 Å². The van der Waals surface area contributed by atoms with Crippen molar-refractivity contribution in [2.45, 2.75) is 37.0 Å². The highest BCUT2D eigenvalue weighted by atomic mass is 32.2. The van der Waals surface area contributed by atoms with Crippen molar-refractivity contribution in [1.29, 1.82) is 0 Å². The average Bonchev–Trinajstić information content (AvgIpc) is 3.30. The van der Waals surface area contributed by atoms with Crippen LogP contribution in [0.3, 0.4) is 0 Å². The van der Waals surface area contributed by atoms with Crippen LogP contribution in [0, 0.1) is 0 Å². The second kappa shape index (κ2) is 6.60. The molecule has 3 aliphatic rings. The molecule has 1 aromatic carbocycles. The summed E-state index contributed by atoms with van der Waals surface area (Å²) in [6.07, 6.45) is 7.87. The molecular formula is C19H21N5O4S. The van der Waals surface area contributed by atoms with E-state index in [0.29, 0.717) is 5.76 Å². The van der Waals surface area contributed by atoms with Crippen LogP contribution in [0.5, 0.6) is 5.88 Å². The van der Waals surface area contributed by atoms with Crippen molar-refractivity contribution in [3.8, 4) is 5.88 Å². The van der Waals surface area contributed by atoms with Gasteiger partial charge < -0.3 is 14.8 Å². The molecule has 0 radical (unpaired) electrons. The molecule has 29 heavy (non-hydrogen) atoms. The lowest BCUT2D eigenvalue weighted by Crippen LogP contribution is -2.22. The van der Waals surface area contributed by atoms with Gasteiger partial charge in [0.25, 0.3) is 0 Å². The van der Waals surface area contributed by atoms with Gasteiger partial charge in [0.2, 0.25) is 5.88 Å². The third-order valence-electron chi connectivity index (χ3n) is 5.61. The predicted molar refractivity (Wildman–Crippen MR) is 107 cm³/mol. The van der Waals surface area contributed by atoms with Crippen LogP contribution >= 0.6 is 0 Å². The fraction of sp³-hybridized carbons (Fsp3) is 0.368. The molecule has 1 atom stereocenters. The summed E-state index contributed by atoms with van der Waals surface area (Å²) < 4.78 is 28.9. The molecule has 0 saturated carbocycles. The predicted octanol–water partition coefficient (Wildman–Crippen LogP) is 2.24. The number of anilines is 1. The van der Waals surface area contributed by atoms with E-state index in [1.165, 1.54) is 34.7 Å². The van der Waals surface area contributed by atoms with Crippen molar-refractivity contribution in [2.75, 3.05) is 19.0 Å². The lowest BCUT2D eigenvalue weighted by molar-refractivity contribution is 0.201. The van der Waals surface area contributed by atoms with Gasteiger partial charge in [-0.3, -0.25) is 0 Å². The first-order chi connectivity index (χ1) is 14.0. The number of carbonyl (C=O) groups is 1. The monoisotopic (exact) mass is 415 g/mol. The number of rotatable bonds is 3. The first-order valence-corrected chi connectivity index (χ1v) is 11.0. The zero-order valence-electron chi connectivity index (χ0n) is 15.9. The summed E-state index contributed by atoms with van der Waals surface area (Å²) >= 11 is 0. The maximum absolute atomic E-state index is 13.0. The molecule has 0 spiro atoms. The van der Waals surface area contributed by atoms with Crippen LogP contribution < -0.4 is 15.2 Å². The van der Waals surface area contributed by atoms with Crippen LogP contribution in [-0.4, -0.2) is 33.7 Å². The highest BCUT2D eigenvalue weighted by Crippen LogP contribution is 2.39. The fourth-order valence-corrected chi connectivity index (χ4v) is 5.08. The van der Waals surface area contributed by atoms with Crippen molar-refractivity contribution in [1.82, 2.24) is 9.78 Å². The van der Waals surface area contributed by atoms with Crippen molar-refractivity contribution >= 4 is 27.8 Å². The highest BCUT2D eigenvalue weighted by Gasteiger charge is 2.28. The van der Waals surface area contributed by atoms with Crippen molar-refractivity contribution in [3.63, 3.8) is 0 Å². The Morgan fingerprint density at radius 2 is 2.10 bits per heavy atom. The molecule has 3 N–H and O–H groups in total. The summed E-state index contributed by atoms with van der Waals surface area (Å²) in [5.41, 5.74) is 5.70. The van der Waals surface area contributed by atoms with Crippen LogP contribution in [0.4, 0.5) is 10.5 Å². The van der Waals surface area contributed by atoms with Gasteiger partial charge in [0.1, 0.15) is 11.5 Å². The van der Waals surface area contributed by atoms with E-state index in [2.05, 4.69) is 20.8 Å². The second-order valence-corrected chi connectivity index (χ2v) is 9.08. The summed E-state index contributed by atoms with van der Waals surface area (Å²) in [5.74, 6) is 0.751. The molecule has 2 amide bonds. The van der Waals surface area contributed by atoms with E-state index < -0.39 is 15.9 Å². The minimum Gasteiger partial charge on any atom is -0.496 e. The fourth-order valence-electron chi connectivity index (χ4n) is 4.09. The standard InChI is InChI=1S/C19H21N5O4S/c1-27-13-9-24-18(28-10-13)16(8-21-24)29(20,26)23-19(25)22-17-14-4-2-3-11(14)7-12-5-6-15(12)17/h7-9H,2-6,10H2,1H3,(H3,20,22,23,25,26). The SMILES string of the molecule is COC1=Cn2ncc(S(N)(=O)=NC(=O)Nc3c4c(cc5c3CC5)CCC4)c2OC1. The van der Waals surface area contributed by atoms with Crippen molar-refractivity contribution in [2.24, 2.45) is 9.50 Å². The zero-order valence-corrected chi connectivity index (χ0v) is 16.8. The first kappa shape index (κ1) is 18.2. The van der Waals surface area contributed by atoms with Gasteiger partial charge >= 0.3 is 6.03 Å². The number of ether oxygens (including phenoxy) is 2. The van der Waals surface area contributed by atoms with Crippen LogP contribution in [0.1, 0.15) is 28.7 Å². The molecule has 0 saturated heterocycles. The third-order valence-corrected chi connectivity index (χ3v) is 6.96. The van der Waals surface area contributed by atoms with Crippen LogP contribution in [-0.2, 0) is 40.3 Å². The Labute approximate surface area is 168 Å². The number of amides is 2. The third kappa shape index (κ3) is 2.99. The quantitative estimate of drug-likeness (QED) is 0.796. The topological polar surface area (TPSA) is 121 Å². The zero-order chi connectivity index (χ0) is 20.2. The normalized spacial score (nSPS) is 18.2. The Morgan fingerprint density at radius 3 is 2.86 bits per heavy atom. The van der Waals surface area contributed by atoms with Gasteiger partial charge in [0, 0.05) is 5.69 Å². The van der Waals surface area contributed by atoms with E-state index in [1.54, 1.807) is 6.20 Å². The maximum Gasteiger partial charge on any atom is 0.354 e.